The lowest BCUT2D eigenvalue weighted by atomic mass is 10.1. The van der Waals surface area contributed by atoms with Crippen LogP contribution in [-0.2, 0) is 22.9 Å². The molecule has 14 nitrogen and oxygen atoms in total. The van der Waals surface area contributed by atoms with Crippen molar-refractivity contribution >= 4 is 56.0 Å². The molecule has 2 unspecified atom stereocenters. The SMILES string of the molecule is CC(C)S(=O)(=O)N1CCN2c3cnn(-c4cccc(Cl)c4)c(=O)c3N(CCc3ccccc3)CC2C1.O=c1c2c(cnn1-c1cccc(Cl)c1)N1CCNCC1CN2CCc1ccccc1. The van der Waals surface area contributed by atoms with Crippen molar-refractivity contribution in [3.63, 3.8) is 0 Å². The van der Waals surface area contributed by atoms with Gasteiger partial charge in [-0.2, -0.15) is 23.9 Å². The van der Waals surface area contributed by atoms with E-state index in [-0.39, 0.29) is 17.2 Å². The quantitative estimate of drug-likeness (QED) is 0.176. The molecule has 0 amide bonds. The van der Waals surface area contributed by atoms with Gasteiger partial charge in [-0.3, -0.25) is 9.59 Å². The first-order valence-corrected chi connectivity index (χ1v) is 24.8. The Balaban J connectivity index is 0.000000169. The molecule has 17 heteroatoms. The normalized spacial score (nSPS) is 18.2. The average Bonchev–Trinajstić information content (AvgIpc) is 3.33. The van der Waals surface area contributed by atoms with E-state index in [0.717, 1.165) is 62.6 Å². The maximum absolute atomic E-state index is 13.8. The predicted octanol–water partition coefficient (Wildman–Crippen LogP) is 5.90. The molecule has 0 radical (unpaired) electrons. The van der Waals surface area contributed by atoms with Crippen LogP contribution in [-0.4, -0.2) is 115 Å². The zero-order chi connectivity index (χ0) is 46.0. The number of benzene rings is 4. The predicted molar refractivity (Wildman–Crippen MR) is 265 cm³/mol. The summed E-state index contributed by atoms with van der Waals surface area (Å²) in [7, 11) is -3.36. The molecule has 344 valence electrons. The monoisotopic (exact) mass is 948 g/mol. The molecule has 0 saturated carbocycles. The molecule has 2 fully saturated rings. The summed E-state index contributed by atoms with van der Waals surface area (Å²) >= 11 is 12.3. The van der Waals surface area contributed by atoms with Gasteiger partial charge in [0, 0.05) is 75.5 Å². The molecule has 66 heavy (non-hydrogen) atoms. The van der Waals surface area contributed by atoms with Gasteiger partial charge in [-0.25, -0.2) is 8.42 Å². The largest absolute Gasteiger partial charge is 0.363 e. The lowest BCUT2D eigenvalue weighted by molar-refractivity contribution is 0.324. The molecule has 1 N–H and O–H groups in total. The summed E-state index contributed by atoms with van der Waals surface area (Å²) in [5.41, 5.74) is 6.45. The fourth-order valence-electron chi connectivity index (χ4n) is 9.46. The number of halogens is 2. The zero-order valence-electron chi connectivity index (χ0n) is 37.1. The molecule has 0 spiro atoms. The van der Waals surface area contributed by atoms with Gasteiger partial charge in [0.2, 0.25) is 10.0 Å². The van der Waals surface area contributed by atoms with Crippen molar-refractivity contribution in [1.82, 2.24) is 29.2 Å². The maximum Gasteiger partial charge on any atom is 0.297 e. The third-order valence-electron chi connectivity index (χ3n) is 12.9. The smallest absolute Gasteiger partial charge is 0.297 e. The summed E-state index contributed by atoms with van der Waals surface area (Å²) in [5.74, 6) is 0. The van der Waals surface area contributed by atoms with E-state index in [9.17, 15) is 18.0 Å². The Hall–Kier alpha value is -5.71. The molecule has 0 aliphatic carbocycles. The van der Waals surface area contributed by atoms with Crippen molar-refractivity contribution in [2.75, 3.05) is 85.0 Å². The number of sulfonamides is 1. The Bertz CT molecular complexity index is 2900. The van der Waals surface area contributed by atoms with Crippen molar-refractivity contribution in [1.29, 1.82) is 0 Å². The van der Waals surface area contributed by atoms with E-state index in [1.165, 1.54) is 20.5 Å². The summed E-state index contributed by atoms with van der Waals surface area (Å²) < 4.78 is 30.2. The second-order valence-corrected chi connectivity index (χ2v) is 20.7. The zero-order valence-corrected chi connectivity index (χ0v) is 39.4. The highest BCUT2D eigenvalue weighted by atomic mass is 35.5. The van der Waals surface area contributed by atoms with Crippen LogP contribution in [0.4, 0.5) is 22.7 Å². The van der Waals surface area contributed by atoms with Gasteiger partial charge in [-0.05, 0) is 74.2 Å². The van der Waals surface area contributed by atoms with Crippen molar-refractivity contribution < 1.29 is 8.42 Å². The Morgan fingerprint density at radius 2 is 1.14 bits per heavy atom. The number of nitrogens with one attached hydrogen (secondary N) is 1. The highest BCUT2D eigenvalue weighted by molar-refractivity contribution is 7.89. The number of aromatic nitrogens is 4. The Morgan fingerprint density at radius 3 is 1.64 bits per heavy atom. The minimum absolute atomic E-state index is 0.0706. The summed E-state index contributed by atoms with van der Waals surface area (Å²) in [4.78, 5) is 36.2. The standard InChI is InChI=1S/C26H30ClN5O3S.C23H24ClN5O/c1-19(2)36(34,35)30-13-14-31-23(18-30)17-29(12-11-20-7-4-3-5-8-20)25-24(31)16-28-32(26(25)33)22-10-6-9-21(27)15-22;24-18-7-4-8-19(13-18)29-23(30)22-21(15-26-29)28-12-10-25-14-20(28)16-27(22)11-9-17-5-2-1-3-6-17/h3-10,15-16,19,23H,11-14,17-18H2,1-2H3;1-8,13,15,20,25H,9-12,14,16H2. The van der Waals surface area contributed by atoms with Gasteiger partial charge in [0.05, 0.1) is 52.5 Å². The first-order valence-electron chi connectivity index (χ1n) is 22.5. The minimum Gasteiger partial charge on any atom is -0.363 e. The molecule has 6 aromatic rings. The average molecular weight is 950 g/mol. The van der Waals surface area contributed by atoms with Crippen LogP contribution in [0.2, 0.25) is 10.0 Å². The van der Waals surface area contributed by atoms with Crippen LogP contribution in [0.5, 0.6) is 0 Å². The third-order valence-corrected chi connectivity index (χ3v) is 15.6. The first-order chi connectivity index (χ1) is 32.0. The summed E-state index contributed by atoms with van der Waals surface area (Å²) in [5, 5.41) is 13.1. The van der Waals surface area contributed by atoms with Crippen LogP contribution in [0.25, 0.3) is 11.4 Å². The fourth-order valence-corrected chi connectivity index (χ4v) is 11.1. The topological polar surface area (TPSA) is 132 Å². The van der Waals surface area contributed by atoms with Gasteiger partial charge in [-0.1, -0.05) is 96.0 Å². The number of anilines is 4. The second-order valence-electron chi connectivity index (χ2n) is 17.4. The molecule has 6 heterocycles. The molecule has 4 aromatic carbocycles. The van der Waals surface area contributed by atoms with E-state index in [1.807, 2.05) is 48.7 Å². The molecule has 4 aliphatic heterocycles. The van der Waals surface area contributed by atoms with Crippen LogP contribution < -0.4 is 36.0 Å². The van der Waals surface area contributed by atoms with Crippen molar-refractivity contribution in [2.24, 2.45) is 0 Å². The minimum atomic E-state index is -3.36. The van der Waals surface area contributed by atoms with Crippen LogP contribution in [0, 0.1) is 0 Å². The van der Waals surface area contributed by atoms with E-state index >= 15 is 0 Å². The lowest BCUT2D eigenvalue weighted by Crippen LogP contribution is -2.62. The molecular weight excluding hydrogens is 896 g/mol. The first kappa shape index (κ1) is 45.4. The van der Waals surface area contributed by atoms with Crippen LogP contribution in [0.1, 0.15) is 25.0 Å². The van der Waals surface area contributed by atoms with Crippen LogP contribution in [0.15, 0.2) is 131 Å². The highest BCUT2D eigenvalue weighted by Crippen LogP contribution is 2.36. The lowest BCUT2D eigenvalue weighted by Gasteiger charge is -2.48. The number of piperazine rings is 2. The summed E-state index contributed by atoms with van der Waals surface area (Å²) in [6.45, 7) is 10.2. The number of hydrogen-bond acceptors (Lipinski definition) is 11. The van der Waals surface area contributed by atoms with Gasteiger partial charge in [-0.15, -0.1) is 0 Å². The van der Waals surface area contributed by atoms with E-state index in [0.29, 0.717) is 65.9 Å². The Kier molecular flexibility index (Phi) is 13.5. The number of hydrogen-bond donors (Lipinski definition) is 1. The van der Waals surface area contributed by atoms with Crippen LogP contribution >= 0.6 is 23.2 Å². The number of rotatable bonds is 10. The molecule has 2 aromatic heterocycles. The third kappa shape index (κ3) is 9.45. The van der Waals surface area contributed by atoms with Gasteiger partial charge in [0.25, 0.3) is 11.1 Å². The van der Waals surface area contributed by atoms with Gasteiger partial charge in [0.1, 0.15) is 11.4 Å². The molecule has 2 atom stereocenters. The van der Waals surface area contributed by atoms with Gasteiger partial charge < -0.3 is 24.9 Å². The van der Waals surface area contributed by atoms with Crippen molar-refractivity contribution in [2.45, 2.75) is 44.0 Å². The molecule has 2 saturated heterocycles. The van der Waals surface area contributed by atoms with Gasteiger partial charge in [0.15, 0.2) is 0 Å². The second kappa shape index (κ2) is 19.6. The fraction of sp³-hybridized carbons (Fsp3) is 0.347. The molecule has 4 aliphatic rings. The van der Waals surface area contributed by atoms with Crippen molar-refractivity contribution in [3.8, 4) is 11.4 Å². The molecule has 10 rings (SSSR count). The van der Waals surface area contributed by atoms with E-state index in [4.69, 9.17) is 23.2 Å². The molecular formula is C49H54Cl2N10O4S. The summed E-state index contributed by atoms with van der Waals surface area (Å²) in [6, 6.07) is 35.2. The van der Waals surface area contributed by atoms with Crippen molar-refractivity contribution in [3.05, 3.63) is 163 Å². The number of fused-ring (bicyclic) bond motifs is 6. The molecule has 0 bridgehead atoms. The van der Waals surface area contributed by atoms with E-state index < -0.39 is 15.3 Å². The summed E-state index contributed by atoms with van der Waals surface area (Å²) in [6.07, 6.45) is 5.22. The Morgan fingerprint density at radius 1 is 0.636 bits per heavy atom. The number of nitrogens with zero attached hydrogens (tertiary/aromatic N) is 9. The van der Waals surface area contributed by atoms with E-state index in [2.05, 4.69) is 71.5 Å². The van der Waals surface area contributed by atoms with E-state index in [1.54, 1.807) is 54.7 Å². The van der Waals surface area contributed by atoms with Crippen LogP contribution in [0.3, 0.4) is 0 Å². The Labute approximate surface area is 395 Å². The maximum atomic E-state index is 13.8. The van der Waals surface area contributed by atoms with Gasteiger partial charge >= 0.3 is 0 Å². The highest BCUT2D eigenvalue weighted by Gasteiger charge is 2.41.